The molecule has 0 bridgehead atoms. The van der Waals surface area contributed by atoms with Crippen LogP contribution in [0.15, 0.2) is 34.4 Å². The van der Waals surface area contributed by atoms with Gasteiger partial charge in [0.2, 0.25) is 5.91 Å². The Labute approximate surface area is 108 Å². The standard InChI is InChI=1S/C13H13N3O3/c1-7-3-4-10-9(11(7)15-19)5-6-16(13(10)18)8(2)12(14)17/h3-6,8H,1-2H3,(H2,14,17)/t8-/m0/s1. The first-order valence-electron chi connectivity index (χ1n) is 5.74. The summed E-state index contributed by atoms with van der Waals surface area (Å²) >= 11 is 0. The van der Waals surface area contributed by atoms with Gasteiger partial charge in [-0.2, -0.15) is 0 Å². The minimum Gasteiger partial charge on any atom is -0.368 e. The van der Waals surface area contributed by atoms with Crippen molar-refractivity contribution in [1.29, 1.82) is 0 Å². The summed E-state index contributed by atoms with van der Waals surface area (Å²) in [6.07, 6.45) is 1.45. The second kappa shape index (κ2) is 4.64. The lowest BCUT2D eigenvalue weighted by Gasteiger charge is -2.13. The molecule has 2 rings (SSSR count). The van der Waals surface area contributed by atoms with Crippen molar-refractivity contribution in [2.45, 2.75) is 19.9 Å². The summed E-state index contributed by atoms with van der Waals surface area (Å²) in [4.78, 5) is 34.3. The molecule has 6 nitrogen and oxygen atoms in total. The van der Waals surface area contributed by atoms with Gasteiger partial charge in [0.1, 0.15) is 11.7 Å². The van der Waals surface area contributed by atoms with E-state index in [1.165, 1.54) is 10.8 Å². The molecule has 1 atom stereocenters. The number of pyridine rings is 1. The zero-order chi connectivity index (χ0) is 14.2. The van der Waals surface area contributed by atoms with Crippen molar-refractivity contribution in [2.75, 3.05) is 0 Å². The summed E-state index contributed by atoms with van der Waals surface area (Å²) in [7, 11) is 0. The van der Waals surface area contributed by atoms with Crippen LogP contribution in [0.1, 0.15) is 18.5 Å². The van der Waals surface area contributed by atoms with Crippen LogP contribution in [0.5, 0.6) is 0 Å². The molecule has 2 N–H and O–H groups in total. The lowest BCUT2D eigenvalue weighted by atomic mass is 10.1. The quantitative estimate of drug-likeness (QED) is 0.850. The maximum absolute atomic E-state index is 12.3. The number of primary amides is 1. The molecule has 0 unspecified atom stereocenters. The Kier molecular flexibility index (Phi) is 3.16. The average molecular weight is 259 g/mol. The molecule has 19 heavy (non-hydrogen) atoms. The van der Waals surface area contributed by atoms with Gasteiger partial charge >= 0.3 is 0 Å². The zero-order valence-corrected chi connectivity index (χ0v) is 10.6. The summed E-state index contributed by atoms with van der Waals surface area (Å²) in [5, 5.41) is 3.78. The molecule has 6 heteroatoms. The van der Waals surface area contributed by atoms with Gasteiger partial charge in [0.25, 0.3) is 5.56 Å². The van der Waals surface area contributed by atoms with Gasteiger partial charge in [-0.1, -0.05) is 6.07 Å². The molecule has 1 aromatic carbocycles. The Morgan fingerprint density at radius 3 is 2.58 bits per heavy atom. The van der Waals surface area contributed by atoms with Crippen LogP contribution < -0.4 is 11.3 Å². The number of hydrogen-bond acceptors (Lipinski definition) is 4. The van der Waals surface area contributed by atoms with E-state index in [9.17, 15) is 14.5 Å². The van der Waals surface area contributed by atoms with E-state index >= 15 is 0 Å². The maximum atomic E-state index is 12.3. The minimum absolute atomic E-state index is 0.244. The SMILES string of the molecule is Cc1ccc2c(=O)n([C@@H](C)C(N)=O)ccc2c1N=O. The van der Waals surface area contributed by atoms with Crippen LogP contribution in [0.2, 0.25) is 0 Å². The molecule has 1 amide bonds. The highest BCUT2D eigenvalue weighted by molar-refractivity contribution is 5.93. The van der Waals surface area contributed by atoms with Gasteiger partial charge in [0, 0.05) is 17.0 Å². The fourth-order valence-corrected chi connectivity index (χ4v) is 2.00. The third-order valence-corrected chi connectivity index (χ3v) is 3.21. The van der Waals surface area contributed by atoms with Crippen LogP contribution in [-0.2, 0) is 4.79 Å². The number of amides is 1. The van der Waals surface area contributed by atoms with Gasteiger partial charge in [-0.3, -0.25) is 9.59 Å². The van der Waals surface area contributed by atoms with Crippen LogP contribution in [-0.4, -0.2) is 10.5 Å². The van der Waals surface area contributed by atoms with Crippen molar-refractivity contribution in [2.24, 2.45) is 10.9 Å². The predicted molar refractivity (Wildman–Crippen MR) is 72.3 cm³/mol. The van der Waals surface area contributed by atoms with Crippen LogP contribution >= 0.6 is 0 Å². The summed E-state index contributed by atoms with van der Waals surface area (Å²) in [5.41, 5.74) is 5.77. The predicted octanol–water partition coefficient (Wildman–Crippen LogP) is 1.75. The van der Waals surface area contributed by atoms with Crippen molar-refractivity contribution in [1.82, 2.24) is 4.57 Å². The molecule has 1 heterocycles. The number of nitrogens with two attached hydrogens (primary N) is 1. The minimum atomic E-state index is -0.745. The van der Waals surface area contributed by atoms with Gasteiger partial charge < -0.3 is 10.3 Å². The second-order valence-corrected chi connectivity index (χ2v) is 4.39. The second-order valence-electron chi connectivity index (χ2n) is 4.39. The molecule has 0 aliphatic carbocycles. The van der Waals surface area contributed by atoms with Crippen LogP contribution in [0.25, 0.3) is 10.8 Å². The van der Waals surface area contributed by atoms with Gasteiger partial charge in [0.05, 0.1) is 0 Å². The van der Waals surface area contributed by atoms with E-state index in [-0.39, 0.29) is 11.2 Å². The Hall–Kier alpha value is -2.50. The number of nitroso groups, excluding NO2 is 1. The van der Waals surface area contributed by atoms with Crippen molar-refractivity contribution in [3.63, 3.8) is 0 Å². The first kappa shape index (κ1) is 12.9. The van der Waals surface area contributed by atoms with Crippen molar-refractivity contribution >= 4 is 22.4 Å². The number of benzene rings is 1. The van der Waals surface area contributed by atoms with E-state index in [4.69, 9.17) is 5.73 Å². The Morgan fingerprint density at radius 2 is 2.00 bits per heavy atom. The molecule has 0 radical (unpaired) electrons. The fourth-order valence-electron chi connectivity index (χ4n) is 2.00. The summed E-state index contributed by atoms with van der Waals surface area (Å²) in [6.45, 7) is 3.29. The number of aromatic nitrogens is 1. The normalized spacial score (nSPS) is 12.3. The van der Waals surface area contributed by atoms with Gasteiger partial charge in [0.15, 0.2) is 0 Å². The molecule has 0 saturated carbocycles. The third kappa shape index (κ3) is 2.01. The molecular weight excluding hydrogens is 246 g/mol. The topological polar surface area (TPSA) is 94.5 Å². The van der Waals surface area contributed by atoms with E-state index in [2.05, 4.69) is 5.18 Å². The summed E-state index contributed by atoms with van der Waals surface area (Å²) in [6, 6.07) is 4.12. The maximum Gasteiger partial charge on any atom is 0.259 e. The largest absolute Gasteiger partial charge is 0.368 e. The Balaban J connectivity index is 2.81. The molecular formula is C13H13N3O3. The fraction of sp³-hybridized carbons (Fsp3) is 0.231. The van der Waals surface area contributed by atoms with E-state index in [1.807, 2.05) is 0 Å². The van der Waals surface area contributed by atoms with Crippen molar-refractivity contribution < 1.29 is 4.79 Å². The lowest BCUT2D eigenvalue weighted by molar-refractivity contribution is -0.120. The number of aryl methyl sites for hydroxylation is 1. The van der Waals surface area contributed by atoms with E-state index in [0.29, 0.717) is 16.3 Å². The smallest absolute Gasteiger partial charge is 0.259 e. The number of carbonyl (C=O) groups is 1. The van der Waals surface area contributed by atoms with E-state index in [0.717, 1.165) is 0 Å². The average Bonchev–Trinajstić information content (AvgIpc) is 2.38. The molecule has 0 spiro atoms. The first-order valence-corrected chi connectivity index (χ1v) is 5.74. The van der Waals surface area contributed by atoms with Crippen molar-refractivity contribution in [3.05, 3.63) is 45.2 Å². The highest BCUT2D eigenvalue weighted by Gasteiger charge is 2.15. The van der Waals surface area contributed by atoms with Gasteiger partial charge in [-0.05, 0) is 36.7 Å². The van der Waals surface area contributed by atoms with Crippen LogP contribution in [0, 0.1) is 11.8 Å². The van der Waals surface area contributed by atoms with E-state index < -0.39 is 11.9 Å². The number of carbonyl (C=O) groups excluding carboxylic acids is 1. The highest BCUT2D eigenvalue weighted by Crippen LogP contribution is 2.27. The summed E-state index contributed by atoms with van der Waals surface area (Å²) < 4.78 is 1.24. The molecule has 1 aromatic heterocycles. The molecule has 0 aliphatic heterocycles. The summed E-state index contributed by atoms with van der Waals surface area (Å²) in [5.74, 6) is -0.595. The number of rotatable bonds is 3. The van der Waals surface area contributed by atoms with Gasteiger partial charge in [-0.15, -0.1) is 4.91 Å². The molecule has 0 aliphatic rings. The van der Waals surface area contributed by atoms with Crippen molar-refractivity contribution in [3.8, 4) is 0 Å². The van der Waals surface area contributed by atoms with Gasteiger partial charge in [-0.25, -0.2) is 0 Å². The third-order valence-electron chi connectivity index (χ3n) is 3.21. The number of hydrogen-bond donors (Lipinski definition) is 1. The number of nitrogens with zero attached hydrogens (tertiary/aromatic N) is 2. The first-order chi connectivity index (χ1) is 8.97. The zero-order valence-electron chi connectivity index (χ0n) is 10.6. The highest BCUT2D eigenvalue weighted by atomic mass is 16.3. The monoisotopic (exact) mass is 259 g/mol. The van der Waals surface area contributed by atoms with E-state index in [1.54, 1.807) is 32.0 Å². The molecule has 0 saturated heterocycles. The number of fused-ring (bicyclic) bond motifs is 1. The molecule has 0 fully saturated rings. The van der Waals surface area contributed by atoms with Crippen LogP contribution in [0.3, 0.4) is 0 Å². The molecule has 2 aromatic rings. The Morgan fingerprint density at radius 1 is 1.32 bits per heavy atom. The molecule has 98 valence electrons. The lowest BCUT2D eigenvalue weighted by Crippen LogP contribution is -2.31. The van der Waals surface area contributed by atoms with Crippen LogP contribution in [0.4, 0.5) is 5.69 Å². The Bertz CT molecular complexity index is 734.